The first-order valence-corrected chi connectivity index (χ1v) is 14.4. The topological polar surface area (TPSA) is 25.6 Å². The Kier molecular flexibility index (Phi) is 7.02. The molecule has 0 unspecified atom stereocenters. The number of para-hydroxylation sites is 2. The molecule has 6 aromatic rings. The van der Waals surface area contributed by atoms with Crippen LogP contribution in [-0.4, -0.2) is 14.1 Å². The molecule has 0 atom stereocenters. The Morgan fingerprint density at radius 2 is 1.31 bits per heavy atom. The van der Waals surface area contributed by atoms with E-state index in [2.05, 4.69) is 145 Å². The highest BCUT2D eigenvalue weighted by Gasteiger charge is 2.27. The molecule has 0 saturated heterocycles. The molecule has 3 aromatic heterocycles. The van der Waals surface area contributed by atoms with Gasteiger partial charge in [-0.3, -0.25) is 0 Å². The lowest BCUT2D eigenvalue weighted by Crippen LogP contribution is -1.99. The van der Waals surface area contributed by atoms with E-state index in [9.17, 15) is 0 Å². The summed E-state index contributed by atoms with van der Waals surface area (Å²) < 4.78 is 4.76. The molecule has 206 valence electrons. The van der Waals surface area contributed by atoms with Crippen molar-refractivity contribution < 1.29 is 0 Å². The fraction of sp³-hybridized carbons (Fsp3) is 0.0769. The summed E-state index contributed by atoms with van der Waals surface area (Å²) in [5.41, 5.74) is 9.87. The Balaban J connectivity index is 2.10. The molecule has 0 spiro atoms. The van der Waals surface area contributed by atoms with Crippen LogP contribution in [0.2, 0.25) is 0 Å². The zero-order valence-corrected chi connectivity index (χ0v) is 24.5. The average molecular weight is 546 g/mol. The van der Waals surface area contributed by atoms with Crippen LogP contribution in [0.4, 0.5) is 0 Å². The molecule has 3 aromatic carbocycles. The van der Waals surface area contributed by atoms with E-state index in [1.54, 1.807) is 0 Å². The van der Waals surface area contributed by atoms with E-state index in [1.807, 2.05) is 25.2 Å². The molecule has 0 aliphatic carbocycles. The van der Waals surface area contributed by atoms with E-state index in [0.717, 1.165) is 55.6 Å². The Labute approximate surface area is 246 Å². The first-order chi connectivity index (χ1) is 20.6. The minimum absolute atomic E-state index is 1.03. The lowest BCUT2D eigenvalue weighted by Gasteiger charge is -2.13. The molecule has 3 nitrogen and oxygen atoms in total. The molecule has 1 N–H and O–H groups in total. The summed E-state index contributed by atoms with van der Waals surface area (Å²) >= 11 is 0. The highest BCUT2D eigenvalue weighted by molar-refractivity contribution is 6.37. The lowest BCUT2D eigenvalue weighted by molar-refractivity contribution is 1.16. The van der Waals surface area contributed by atoms with E-state index in [1.165, 1.54) is 21.5 Å². The Hall–Kier alpha value is -5.28. The highest BCUT2D eigenvalue weighted by atomic mass is 15.0. The summed E-state index contributed by atoms with van der Waals surface area (Å²) in [5.74, 6) is 0. The first-order valence-electron chi connectivity index (χ1n) is 14.4. The second-order valence-electron chi connectivity index (χ2n) is 10.2. The number of benzene rings is 3. The van der Waals surface area contributed by atoms with Crippen molar-refractivity contribution in [1.82, 2.24) is 14.1 Å². The standard InChI is InChI=1S/C39H35N3/c1-7-17-26(18-8-2)41-32(21-11-5)28(12-6)34-37-35(29-22-13-15-24-31(29)40-37)39-36(38(34)41)30-23-14-16-25-33(30)42(39)27(19-9-3)20-10-4/h7-25,40H,1,3,6H2,2,4-5H3/b18-8-,20-10-,21-11-,26-17+,27-19+. The average Bonchev–Trinajstić information content (AvgIpc) is 3.64. The first kappa shape index (κ1) is 26.9. The van der Waals surface area contributed by atoms with Crippen molar-refractivity contribution in [3.8, 4) is 0 Å². The number of aromatic nitrogens is 3. The van der Waals surface area contributed by atoms with E-state index < -0.39 is 0 Å². The molecule has 3 heterocycles. The van der Waals surface area contributed by atoms with Gasteiger partial charge < -0.3 is 14.1 Å². The zero-order valence-electron chi connectivity index (χ0n) is 24.5. The molecule has 0 bridgehead atoms. The quantitative estimate of drug-likeness (QED) is 0.184. The van der Waals surface area contributed by atoms with Gasteiger partial charge in [0.05, 0.1) is 27.8 Å². The van der Waals surface area contributed by atoms with Crippen LogP contribution < -0.4 is 0 Å². The predicted octanol–water partition coefficient (Wildman–Crippen LogP) is 11.3. The van der Waals surface area contributed by atoms with Crippen molar-refractivity contribution in [2.75, 3.05) is 0 Å². The minimum Gasteiger partial charge on any atom is -0.354 e. The molecular formula is C39H35N3. The number of rotatable bonds is 8. The third kappa shape index (κ3) is 3.82. The third-order valence-corrected chi connectivity index (χ3v) is 7.85. The van der Waals surface area contributed by atoms with Crippen LogP contribution in [0.3, 0.4) is 0 Å². The molecule has 42 heavy (non-hydrogen) atoms. The van der Waals surface area contributed by atoms with Gasteiger partial charge in [-0.2, -0.15) is 0 Å². The number of allylic oxidation sites excluding steroid dienone is 11. The maximum absolute atomic E-state index is 4.32. The number of hydrogen-bond acceptors (Lipinski definition) is 0. The number of nitrogens with zero attached hydrogens (tertiary/aromatic N) is 2. The van der Waals surface area contributed by atoms with Crippen molar-refractivity contribution in [3.05, 3.63) is 134 Å². The van der Waals surface area contributed by atoms with Gasteiger partial charge in [0.1, 0.15) is 0 Å². The summed E-state index contributed by atoms with van der Waals surface area (Å²) in [5, 5.41) is 5.91. The fourth-order valence-corrected chi connectivity index (χ4v) is 6.45. The van der Waals surface area contributed by atoms with Gasteiger partial charge in [0.2, 0.25) is 0 Å². The maximum Gasteiger partial charge on any atom is 0.0662 e. The van der Waals surface area contributed by atoms with E-state index in [0.29, 0.717) is 0 Å². The number of aromatic amines is 1. The van der Waals surface area contributed by atoms with Gasteiger partial charge in [-0.1, -0.05) is 92.6 Å². The molecule has 3 heteroatoms. The van der Waals surface area contributed by atoms with Crippen LogP contribution in [0.25, 0.3) is 78.1 Å². The van der Waals surface area contributed by atoms with Crippen LogP contribution in [0, 0.1) is 0 Å². The predicted molar refractivity (Wildman–Crippen MR) is 188 cm³/mol. The Bertz CT molecular complexity index is 2210. The summed E-state index contributed by atoms with van der Waals surface area (Å²) in [6.45, 7) is 18.6. The van der Waals surface area contributed by atoms with Crippen molar-refractivity contribution in [2.45, 2.75) is 20.8 Å². The van der Waals surface area contributed by atoms with E-state index >= 15 is 0 Å². The normalized spacial score (nSPS) is 13.4. The molecule has 0 fully saturated rings. The summed E-state index contributed by atoms with van der Waals surface area (Å²) in [7, 11) is 0. The second kappa shape index (κ2) is 10.9. The smallest absolute Gasteiger partial charge is 0.0662 e. The fourth-order valence-electron chi connectivity index (χ4n) is 6.45. The number of fused-ring (bicyclic) bond motifs is 10. The van der Waals surface area contributed by atoms with Crippen LogP contribution >= 0.6 is 0 Å². The molecule has 0 aliphatic rings. The monoisotopic (exact) mass is 545 g/mol. The number of nitrogens with one attached hydrogen (secondary N) is 1. The summed E-state index contributed by atoms with van der Waals surface area (Å²) in [4.78, 5) is 3.83. The molecule has 0 saturated carbocycles. The molecule has 0 amide bonds. The van der Waals surface area contributed by atoms with Gasteiger partial charge in [0.25, 0.3) is 0 Å². The summed E-state index contributed by atoms with van der Waals surface area (Å²) in [6.07, 6.45) is 22.6. The van der Waals surface area contributed by atoms with E-state index in [-0.39, 0.29) is 0 Å². The SMILES string of the molecule is C=C/C=C(\C=C/C)n1c(/C=C\C)c(C=C)c2c3[nH]c4ccccc4c3c3c(c4ccccc4n3C(/C=C\C)=C/C=C)c21. The van der Waals surface area contributed by atoms with Gasteiger partial charge in [-0.15, -0.1) is 0 Å². The van der Waals surface area contributed by atoms with Gasteiger partial charge in [0.15, 0.2) is 0 Å². The zero-order chi connectivity index (χ0) is 29.4. The van der Waals surface area contributed by atoms with Crippen molar-refractivity contribution in [1.29, 1.82) is 0 Å². The largest absolute Gasteiger partial charge is 0.354 e. The number of hydrogen-bond donors (Lipinski definition) is 1. The van der Waals surface area contributed by atoms with Gasteiger partial charge >= 0.3 is 0 Å². The van der Waals surface area contributed by atoms with Crippen molar-refractivity contribution >= 4 is 78.1 Å². The minimum atomic E-state index is 1.03. The van der Waals surface area contributed by atoms with Gasteiger partial charge in [-0.25, -0.2) is 0 Å². The molecule has 0 radical (unpaired) electrons. The van der Waals surface area contributed by atoms with Gasteiger partial charge in [-0.05, 0) is 63.3 Å². The number of H-pyrrole nitrogens is 1. The molecule has 6 rings (SSSR count). The van der Waals surface area contributed by atoms with Crippen LogP contribution in [-0.2, 0) is 0 Å². The summed E-state index contributed by atoms with van der Waals surface area (Å²) in [6, 6.07) is 17.3. The van der Waals surface area contributed by atoms with Crippen LogP contribution in [0.5, 0.6) is 0 Å². The second-order valence-corrected chi connectivity index (χ2v) is 10.2. The van der Waals surface area contributed by atoms with Crippen molar-refractivity contribution in [2.24, 2.45) is 0 Å². The van der Waals surface area contributed by atoms with Crippen LogP contribution in [0.15, 0.2) is 123 Å². The van der Waals surface area contributed by atoms with Crippen molar-refractivity contribution in [3.63, 3.8) is 0 Å². The maximum atomic E-state index is 4.32. The van der Waals surface area contributed by atoms with Crippen LogP contribution in [0.1, 0.15) is 32.0 Å². The van der Waals surface area contributed by atoms with E-state index in [4.69, 9.17) is 0 Å². The molecular weight excluding hydrogens is 510 g/mol. The lowest BCUT2D eigenvalue weighted by atomic mass is 10.0. The third-order valence-electron chi connectivity index (χ3n) is 7.85. The highest BCUT2D eigenvalue weighted by Crippen LogP contribution is 2.48. The Morgan fingerprint density at radius 1 is 0.690 bits per heavy atom. The van der Waals surface area contributed by atoms with Gasteiger partial charge in [0, 0.05) is 49.4 Å². The Morgan fingerprint density at radius 3 is 1.95 bits per heavy atom. The molecule has 0 aliphatic heterocycles.